The molecule has 0 aliphatic carbocycles. The van der Waals surface area contributed by atoms with Crippen molar-refractivity contribution in [2.45, 2.75) is 26.9 Å². The molecule has 6 heteroatoms. The number of aliphatic hydroxyl groups excluding tert-OH is 1. The molecule has 0 bridgehead atoms. The van der Waals surface area contributed by atoms with Crippen LogP contribution in [0.3, 0.4) is 0 Å². The van der Waals surface area contributed by atoms with Crippen molar-refractivity contribution >= 4 is 11.6 Å². The molecule has 2 N–H and O–H groups in total. The van der Waals surface area contributed by atoms with Crippen LogP contribution in [0.25, 0.3) is 0 Å². The van der Waals surface area contributed by atoms with Gasteiger partial charge in [-0.3, -0.25) is 9.48 Å². The molecule has 0 radical (unpaired) electrons. The standard InChI is InChI=1S/C16H21N3O3/c1-4-14-13(9-19(3)18-14)16(21)17-12-6-7-15(22-5-2)11(8-12)10-20/h6-9,20H,4-5,10H2,1-3H3,(H,17,21). The number of hydrogen-bond donors (Lipinski definition) is 2. The van der Waals surface area contributed by atoms with E-state index in [2.05, 4.69) is 10.4 Å². The highest BCUT2D eigenvalue weighted by molar-refractivity contribution is 6.05. The minimum absolute atomic E-state index is 0.147. The van der Waals surface area contributed by atoms with Gasteiger partial charge in [0.15, 0.2) is 0 Å². The number of nitrogens with one attached hydrogen (secondary N) is 1. The molecule has 2 rings (SSSR count). The van der Waals surface area contributed by atoms with Crippen LogP contribution in [0.15, 0.2) is 24.4 Å². The molecule has 1 aromatic carbocycles. The Labute approximate surface area is 129 Å². The largest absolute Gasteiger partial charge is 0.494 e. The van der Waals surface area contributed by atoms with Crippen LogP contribution in [0.5, 0.6) is 5.75 Å². The second-order valence-electron chi connectivity index (χ2n) is 4.88. The average Bonchev–Trinajstić information content (AvgIpc) is 2.90. The fraction of sp³-hybridized carbons (Fsp3) is 0.375. The fourth-order valence-corrected chi connectivity index (χ4v) is 2.26. The van der Waals surface area contributed by atoms with Gasteiger partial charge >= 0.3 is 0 Å². The van der Waals surface area contributed by atoms with Crippen molar-refractivity contribution in [2.24, 2.45) is 7.05 Å². The van der Waals surface area contributed by atoms with Crippen LogP contribution < -0.4 is 10.1 Å². The summed E-state index contributed by atoms with van der Waals surface area (Å²) < 4.78 is 7.06. The van der Waals surface area contributed by atoms with Gasteiger partial charge in [-0.15, -0.1) is 0 Å². The van der Waals surface area contributed by atoms with Crippen molar-refractivity contribution in [2.75, 3.05) is 11.9 Å². The van der Waals surface area contributed by atoms with Crippen LogP contribution in [0.2, 0.25) is 0 Å². The molecule has 0 aliphatic heterocycles. The lowest BCUT2D eigenvalue weighted by Gasteiger charge is -2.11. The van der Waals surface area contributed by atoms with E-state index in [0.29, 0.717) is 35.6 Å². The summed E-state index contributed by atoms with van der Waals surface area (Å²) in [5.41, 5.74) is 2.57. The Morgan fingerprint density at radius 1 is 1.41 bits per heavy atom. The molecule has 22 heavy (non-hydrogen) atoms. The number of nitrogens with zero attached hydrogens (tertiary/aromatic N) is 2. The number of benzene rings is 1. The predicted molar refractivity (Wildman–Crippen MR) is 84.1 cm³/mol. The molecule has 0 atom stereocenters. The van der Waals surface area contributed by atoms with E-state index in [1.54, 1.807) is 36.1 Å². The number of ether oxygens (including phenoxy) is 1. The topological polar surface area (TPSA) is 76.4 Å². The predicted octanol–water partition coefficient (Wildman–Crippen LogP) is 2.13. The molecule has 0 fully saturated rings. The molecular formula is C16H21N3O3. The highest BCUT2D eigenvalue weighted by atomic mass is 16.5. The third-order valence-corrected chi connectivity index (χ3v) is 3.27. The summed E-state index contributed by atoms with van der Waals surface area (Å²) in [5.74, 6) is 0.414. The maximum absolute atomic E-state index is 12.4. The number of anilines is 1. The zero-order valence-electron chi connectivity index (χ0n) is 13.1. The van der Waals surface area contributed by atoms with Gasteiger partial charge in [0.1, 0.15) is 5.75 Å². The van der Waals surface area contributed by atoms with Gasteiger partial charge < -0.3 is 15.2 Å². The van der Waals surface area contributed by atoms with Crippen molar-refractivity contribution < 1.29 is 14.6 Å². The summed E-state index contributed by atoms with van der Waals surface area (Å²) in [6, 6.07) is 5.21. The lowest BCUT2D eigenvalue weighted by molar-refractivity contribution is 0.102. The number of rotatable bonds is 6. The van der Waals surface area contributed by atoms with Gasteiger partial charge in [0.05, 0.1) is 24.5 Å². The first kappa shape index (κ1) is 16.0. The van der Waals surface area contributed by atoms with E-state index in [9.17, 15) is 9.90 Å². The Morgan fingerprint density at radius 3 is 2.82 bits per heavy atom. The summed E-state index contributed by atoms with van der Waals surface area (Å²) in [6.45, 7) is 4.21. The maximum Gasteiger partial charge on any atom is 0.259 e. The molecule has 1 aromatic heterocycles. The molecule has 118 valence electrons. The van der Waals surface area contributed by atoms with Crippen molar-refractivity contribution in [1.29, 1.82) is 0 Å². The van der Waals surface area contributed by atoms with Gasteiger partial charge in [0.25, 0.3) is 5.91 Å². The highest BCUT2D eigenvalue weighted by Gasteiger charge is 2.15. The van der Waals surface area contributed by atoms with Crippen molar-refractivity contribution in [3.8, 4) is 5.75 Å². The molecule has 2 aromatic rings. The average molecular weight is 303 g/mol. The quantitative estimate of drug-likeness (QED) is 0.857. The van der Waals surface area contributed by atoms with Crippen LogP contribution >= 0.6 is 0 Å². The third kappa shape index (κ3) is 3.46. The van der Waals surface area contributed by atoms with Crippen LogP contribution in [0.1, 0.15) is 35.5 Å². The highest BCUT2D eigenvalue weighted by Crippen LogP contribution is 2.23. The van der Waals surface area contributed by atoms with E-state index >= 15 is 0 Å². The van der Waals surface area contributed by atoms with E-state index in [0.717, 1.165) is 5.69 Å². The number of aliphatic hydroxyl groups is 1. The number of carbonyl (C=O) groups excluding carboxylic acids is 1. The van der Waals surface area contributed by atoms with E-state index in [-0.39, 0.29) is 12.5 Å². The van der Waals surface area contributed by atoms with Crippen LogP contribution in [-0.2, 0) is 20.1 Å². The Bertz CT molecular complexity index is 665. The summed E-state index contributed by atoms with van der Waals surface area (Å²) in [4.78, 5) is 12.4. The summed E-state index contributed by atoms with van der Waals surface area (Å²) in [5, 5.41) is 16.5. The molecule has 0 aliphatic rings. The van der Waals surface area contributed by atoms with Crippen molar-refractivity contribution in [1.82, 2.24) is 9.78 Å². The van der Waals surface area contributed by atoms with Gasteiger partial charge in [-0.1, -0.05) is 6.92 Å². The minimum atomic E-state index is -0.210. The second-order valence-corrected chi connectivity index (χ2v) is 4.88. The van der Waals surface area contributed by atoms with Gasteiger partial charge in [-0.2, -0.15) is 5.10 Å². The van der Waals surface area contributed by atoms with Gasteiger partial charge in [-0.05, 0) is 31.5 Å². The molecule has 0 saturated heterocycles. The number of aryl methyl sites for hydroxylation is 2. The summed E-state index contributed by atoms with van der Waals surface area (Å²) in [6.07, 6.45) is 2.39. The normalized spacial score (nSPS) is 10.5. The molecule has 1 amide bonds. The van der Waals surface area contributed by atoms with Crippen LogP contribution in [0, 0.1) is 0 Å². The minimum Gasteiger partial charge on any atom is -0.494 e. The molecular weight excluding hydrogens is 282 g/mol. The Balaban J connectivity index is 2.21. The van der Waals surface area contributed by atoms with Gasteiger partial charge in [0, 0.05) is 24.5 Å². The first-order valence-corrected chi connectivity index (χ1v) is 7.29. The van der Waals surface area contributed by atoms with Gasteiger partial charge in [0.2, 0.25) is 0 Å². The zero-order chi connectivity index (χ0) is 16.1. The SMILES string of the molecule is CCOc1ccc(NC(=O)c2cn(C)nc2CC)cc1CO. The van der Waals surface area contributed by atoms with Crippen molar-refractivity contribution in [3.63, 3.8) is 0 Å². The third-order valence-electron chi connectivity index (χ3n) is 3.27. The summed E-state index contributed by atoms with van der Waals surface area (Å²) in [7, 11) is 1.79. The molecule has 0 saturated carbocycles. The first-order valence-electron chi connectivity index (χ1n) is 7.29. The van der Waals surface area contributed by atoms with Crippen molar-refractivity contribution in [3.05, 3.63) is 41.2 Å². The number of amides is 1. The lowest BCUT2D eigenvalue weighted by atomic mass is 10.1. The number of hydrogen-bond acceptors (Lipinski definition) is 4. The molecule has 1 heterocycles. The monoisotopic (exact) mass is 303 g/mol. The second kappa shape index (κ2) is 7.09. The Morgan fingerprint density at radius 2 is 2.18 bits per heavy atom. The van der Waals surface area contributed by atoms with Crippen LogP contribution in [-0.4, -0.2) is 27.4 Å². The van der Waals surface area contributed by atoms with Gasteiger partial charge in [-0.25, -0.2) is 0 Å². The van der Waals surface area contributed by atoms with E-state index < -0.39 is 0 Å². The van der Waals surface area contributed by atoms with E-state index in [1.165, 1.54) is 0 Å². The zero-order valence-corrected chi connectivity index (χ0v) is 13.1. The molecule has 0 spiro atoms. The van der Waals surface area contributed by atoms with E-state index in [4.69, 9.17) is 4.74 Å². The Kier molecular flexibility index (Phi) is 5.16. The number of carbonyl (C=O) groups is 1. The smallest absolute Gasteiger partial charge is 0.259 e. The molecule has 0 unspecified atom stereocenters. The summed E-state index contributed by atoms with van der Waals surface area (Å²) >= 11 is 0. The molecule has 6 nitrogen and oxygen atoms in total. The lowest BCUT2D eigenvalue weighted by Crippen LogP contribution is -2.13. The van der Waals surface area contributed by atoms with E-state index in [1.807, 2.05) is 13.8 Å². The maximum atomic E-state index is 12.4. The number of aromatic nitrogens is 2. The first-order chi connectivity index (χ1) is 10.6. The van der Waals surface area contributed by atoms with Crippen LogP contribution in [0.4, 0.5) is 5.69 Å². The Hall–Kier alpha value is -2.34. The fourth-order valence-electron chi connectivity index (χ4n) is 2.26.